The quantitative estimate of drug-likeness (QED) is 0.172. The standard InChI is InChI=1S/C25H20Br4N2O3/c1-13-21(23(30-33-13)15-3-7-17(28)8-4-15)19(11-26)25(32)20(12-27)22-14(2)34-31-24(22)16-5-9-18(29)10-6-16/h3-10,19-20H,11-12H2,1-2H3. The smallest absolute Gasteiger partial charge is 0.149 e. The molecular weight excluding hydrogens is 696 g/mol. The fourth-order valence-corrected chi connectivity index (χ4v) is 5.86. The van der Waals surface area contributed by atoms with Crippen LogP contribution in [0.1, 0.15) is 34.5 Å². The van der Waals surface area contributed by atoms with Gasteiger partial charge in [-0.3, -0.25) is 4.79 Å². The molecule has 176 valence electrons. The Morgan fingerprint density at radius 1 is 0.735 bits per heavy atom. The third-order valence-electron chi connectivity index (χ3n) is 5.74. The van der Waals surface area contributed by atoms with Gasteiger partial charge in [-0.1, -0.05) is 98.3 Å². The molecule has 4 rings (SSSR count). The van der Waals surface area contributed by atoms with Crippen LogP contribution in [0, 0.1) is 13.8 Å². The maximum Gasteiger partial charge on any atom is 0.149 e. The number of benzene rings is 2. The van der Waals surface area contributed by atoms with E-state index in [1.54, 1.807) is 0 Å². The molecule has 5 nitrogen and oxygen atoms in total. The van der Waals surface area contributed by atoms with E-state index in [2.05, 4.69) is 74.0 Å². The predicted molar refractivity (Wildman–Crippen MR) is 147 cm³/mol. The third-order valence-corrected chi connectivity index (χ3v) is 8.10. The van der Waals surface area contributed by atoms with Crippen LogP contribution in [0.4, 0.5) is 0 Å². The summed E-state index contributed by atoms with van der Waals surface area (Å²) in [6.07, 6.45) is 0. The van der Waals surface area contributed by atoms with Gasteiger partial charge in [-0.15, -0.1) is 0 Å². The molecule has 0 spiro atoms. The second kappa shape index (κ2) is 11.0. The lowest BCUT2D eigenvalue weighted by molar-refractivity contribution is -0.121. The minimum absolute atomic E-state index is 0.0306. The Labute approximate surface area is 231 Å². The third kappa shape index (κ3) is 5.03. The van der Waals surface area contributed by atoms with Gasteiger partial charge in [0, 0.05) is 41.9 Å². The van der Waals surface area contributed by atoms with Gasteiger partial charge in [0.05, 0.1) is 11.8 Å². The van der Waals surface area contributed by atoms with Crippen LogP contribution >= 0.6 is 63.7 Å². The van der Waals surface area contributed by atoms with E-state index in [4.69, 9.17) is 9.05 Å². The van der Waals surface area contributed by atoms with E-state index >= 15 is 0 Å². The Kier molecular flexibility index (Phi) is 8.28. The monoisotopic (exact) mass is 712 g/mol. The number of aromatic nitrogens is 2. The Balaban J connectivity index is 1.77. The maximum absolute atomic E-state index is 14.1. The molecule has 34 heavy (non-hydrogen) atoms. The molecule has 2 aromatic carbocycles. The number of halogens is 4. The highest BCUT2D eigenvalue weighted by Crippen LogP contribution is 2.40. The lowest BCUT2D eigenvalue weighted by Crippen LogP contribution is -2.24. The summed E-state index contributed by atoms with van der Waals surface area (Å²) in [5.74, 6) is 0.334. The van der Waals surface area contributed by atoms with Gasteiger partial charge in [0.1, 0.15) is 28.7 Å². The van der Waals surface area contributed by atoms with Crippen molar-refractivity contribution >= 4 is 69.5 Å². The summed E-state index contributed by atoms with van der Waals surface area (Å²) in [5.41, 5.74) is 4.70. The van der Waals surface area contributed by atoms with Gasteiger partial charge >= 0.3 is 0 Å². The first kappa shape index (κ1) is 25.5. The van der Waals surface area contributed by atoms with Crippen LogP contribution in [0.5, 0.6) is 0 Å². The molecule has 2 unspecified atom stereocenters. The highest BCUT2D eigenvalue weighted by Gasteiger charge is 2.36. The van der Waals surface area contributed by atoms with Crippen molar-refractivity contribution < 1.29 is 13.8 Å². The van der Waals surface area contributed by atoms with Crippen molar-refractivity contribution in [1.29, 1.82) is 0 Å². The Hall–Kier alpha value is -1.55. The minimum Gasteiger partial charge on any atom is -0.361 e. The zero-order chi connectivity index (χ0) is 24.4. The fourth-order valence-electron chi connectivity index (χ4n) is 4.04. The molecule has 0 aliphatic rings. The van der Waals surface area contributed by atoms with Crippen molar-refractivity contribution in [2.75, 3.05) is 10.7 Å². The zero-order valence-electron chi connectivity index (χ0n) is 18.3. The number of hydrogen-bond acceptors (Lipinski definition) is 5. The van der Waals surface area contributed by atoms with E-state index < -0.39 is 11.8 Å². The summed E-state index contributed by atoms with van der Waals surface area (Å²) in [7, 11) is 0. The molecule has 2 heterocycles. The number of alkyl halides is 2. The number of aryl methyl sites for hydroxylation is 2. The van der Waals surface area contributed by atoms with E-state index in [1.807, 2.05) is 62.4 Å². The Morgan fingerprint density at radius 2 is 1.09 bits per heavy atom. The highest BCUT2D eigenvalue weighted by molar-refractivity contribution is 9.11. The molecule has 9 heteroatoms. The van der Waals surface area contributed by atoms with Crippen LogP contribution in [-0.4, -0.2) is 26.8 Å². The summed E-state index contributed by atoms with van der Waals surface area (Å²) < 4.78 is 13.1. The Morgan fingerprint density at radius 3 is 1.41 bits per heavy atom. The lowest BCUT2D eigenvalue weighted by Gasteiger charge is -2.20. The molecule has 4 aromatic rings. The number of hydrogen-bond donors (Lipinski definition) is 0. The van der Waals surface area contributed by atoms with Gasteiger partial charge in [0.2, 0.25) is 0 Å². The van der Waals surface area contributed by atoms with Crippen LogP contribution in [0.2, 0.25) is 0 Å². The SMILES string of the molecule is Cc1onc(-c2ccc(Br)cc2)c1C(CBr)C(=O)C(CBr)c1c(-c2ccc(Br)cc2)noc1C. The molecule has 0 aliphatic carbocycles. The van der Waals surface area contributed by atoms with Crippen molar-refractivity contribution in [2.45, 2.75) is 25.7 Å². The van der Waals surface area contributed by atoms with Crippen molar-refractivity contribution in [3.05, 3.63) is 80.1 Å². The van der Waals surface area contributed by atoms with Crippen LogP contribution in [-0.2, 0) is 4.79 Å². The second-order valence-electron chi connectivity index (χ2n) is 7.83. The first-order valence-electron chi connectivity index (χ1n) is 10.5. The number of nitrogens with zero attached hydrogens (tertiary/aromatic N) is 2. The van der Waals surface area contributed by atoms with Crippen molar-refractivity contribution in [3.63, 3.8) is 0 Å². The van der Waals surface area contributed by atoms with Gasteiger partial charge in [0.15, 0.2) is 0 Å². The lowest BCUT2D eigenvalue weighted by atomic mass is 9.82. The van der Waals surface area contributed by atoms with Crippen LogP contribution in [0.3, 0.4) is 0 Å². The van der Waals surface area contributed by atoms with E-state index in [1.165, 1.54) is 0 Å². The molecule has 2 atom stereocenters. The molecule has 0 fully saturated rings. The van der Waals surface area contributed by atoms with Gasteiger partial charge in [-0.05, 0) is 38.1 Å². The van der Waals surface area contributed by atoms with Gasteiger partial charge in [-0.2, -0.15) is 0 Å². The summed E-state index contributed by atoms with van der Waals surface area (Å²) in [6.45, 7) is 3.68. The van der Waals surface area contributed by atoms with E-state index in [-0.39, 0.29) is 5.78 Å². The zero-order valence-corrected chi connectivity index (χ0v) is 24.7. The highest BCUT2D eigenvalue weighted by atomic mass is 79.9. The van der Waals surface area contributed by atoms with Gasteiger partial charge < -0.3 is 9.05 Å². The average molecular weight is 716 g/mol. The minimum atomic E-state index is -0.473. The fraction of sp³-hybridized carbons (Fsp3) is 0.240. The normalized spacial score (nSPS) is 13.1. The summed E-state index contributed by atoms with van der Waals surface area (Å²) in [5, 5.41) is 9.45. The molecule has 0 N–H and O–H groups in total. The Bertz CT molecular complexity index is 1200. The summed E-state index contributed by atoms with van der Waals surface area (Å²) >= 11 is 14.1. The largest absolute Gasteiger partial charge is 0.361 e. The number of carbonyl (C=O) groups is 1. The first-order chi connectivity index (χ1) is 16.3. The topological polar surface area (TPSA) is 69.1 Å². The molecule has 2 aromatic heterocycles. The van der Waals surface area contributed by atoms with Crippen LogP contribution in [0.25, 0.3) is 22.5 Å². The van der Waals surface area contributed by atoms with Crippen LogP contribution in [0.15, 0.2) is 66.5 Å². The molecule has 0 saturated heterocycles. The molecular formula is C25H20Br4N2O3. The summed E-state index contributed by atoms with van der Waals surface area (Å²) in [6, 6.07) is 15.6. The van der Waals surface area contributed by atoms with Crippen molar-refractivity contribution in [3.8, 4) is 22.5 Å². The molecule has 0 aliphatic heterocycles. The number of ketones is 1. The number of rotatable bonds is 8. The van der Waals surface area contributed by atoms with Gasteiger partial charge in [-0.25, -0.2) is 0 Å². The van der Waals surface area contributed by atoms with Crippen molar-refractivity contribution in [1.82, 2.24) is 10.3 Å². The van der Waals surface area contributed by atoms with Gasteiger partial charge in [0.25, 0.3) is 0 Å². The molecule has 0 radical (unpaired) electrons. The predicted octanol–water partition coefficient (Wildman–Crippen LogP) is 8.36. The molecule has 0 amide bonds. The van der Waals surface area contributed by atoms with E-state index in [9.17, 15) is 4.79 Å². The van der Waals surface area contributed by atoms with E-state index in [0.29, 0.717) is 33.6 Å². The first-order valence-corrected chi connectivity index (χ1v) is 14.3. The molecule has 0 bridgehead atoms. The molecule has 0 saturated carbocycles. The number of Topliss-reactive ketones (excluding diaryl/α,β-unsaturated/α-hetero) is 1. The average Bonchev–Trinajstić information content (AvgIpc) is 3.39. The number of carbonyl (C=O) groups excluding carboxylic acids is 1. The second-order valence-corrected chi connectivity index (χ2v) is 11.0. The van der Waals surface area contributed by atoms with E-state index in [0.717, 1.165) is 31.2 Å². The van der Waals surface area contributed by atoms with Crippen molar-refractivity contribution in [2.24, 2.45) is 0 Å². The summed E-state index contributed by atoms with van der Waals surface area (Å²) in [4.78, 5) is 14.1. The maximum atomic E-state index is 14.1. The van der Waals surface area contributed by atoms with Crippen LogP contribution < -0.4 is 0 Å².